The van der Waals surface area contributed by atoms with Crippen molar-refractivity contribution < 1.29 is 19.1 Å². The van der Waals surface area contributed by atoms with Crippen molar-refractivity contribution in [2.45, 2.75) is 34.2 Å². The van der Waals surface area contributed by atoms with Crippen molar-refractivity contribution >= 4 is 29.8 Å². The fourth-order valence-electron chi connectivity index (χ4n) is 3.75. The standard InChI is InChI=1S/C17H14N2O3.C10H14N2O2.2C2H6.CH2O/c20-13-9-5-4-8-12(13)19-15-14(16(21)17(15)22)18-10-11-6-2-1-3-7-11;1-11-4-6-12(7-5-11)10(13)9-3-2-8-14-9;3*1-2/h1-9,18-20H,10H2;2-3,8H,4-7H2,1H3;2*1-2H3;1H2. The van der Waals surface area contributed by atoms with Gasteiger partial charge in [0.1, 0.15) is 23.9 Å². The summed E-state index contributed by atoms with van der Waals surface area (Å²) < 4.78 is 5.07. The van der Waals surface area contributed by atoms with Crippen molar-refractivity contribution in [1.29, 1.82) is 0 Å². The molecule has 1 amide bonds. The van der Waals surface area contributed by atoms with Crippen LogP contribution in [0.25, 0.3) is 0 Å². The number of nitrogens with zero attached hydrogens (tertiary/aromatic N) is 2. The van der Waals surface area contributed by atoms with E-state index < -0.39 is 10.9 Å². The van der Waals surface area contributed by atoms with E-state index in [0.29, 0.717) is 18.0 Å². The highest BCUT2D eigenvalue weighted by Crippen LogP contribution is 2.27. The molecule has 0 unspecified atom stereocenters. The van der Waals surface area contributed by atoms with E-state index >= 15 is 0 Å². The molecule has 0 saturated carbocycles. The number of anilines is 3. The number of nitrogens with one attached hydrogen (secondary N) is 2. The lowest BCUT2D eigenvalue weighted by Gasteiger charge is -2.31. The molecule has 1 saturated heterocycles. The molecule has 2 heterocycles. The monoisotopic (exact) mass is 578 g/mol. The number of amides is 1. The highest BCUT2D eigenvalue weighted by molar-refractivity contribution is 5.91. The Kier molecular flexibility index (Phi) is 16.3. The van der Waals surface area contributed by atoms with Gasteiger partial charge in [0.25, 0.3) is 16.8 Å². The Hall–Kier alpha value is -4.70. The molecule has 0 spiro atoms. The van der Waals surface area contributed by atoms with E-state index in [4.69, 9.17) is 9.21 Å². The van der Waals surface area contributed by atoms with Crippen LogP contribution in [0.5, 0.6) is 5.75 Å². The van der Waals surface area contributed by atoms with Gasteiger partial charge in [0.05, 0.1) is 12.0 Å². The highest BCUT2D eigenvalue weighted by Gasteiger charge is 2.22. The Bertz CT molecular complexity index is 1370. The number of phenolic OH excluding ortho intramolecular Hbond substituents is 1. The Labute approximate surface area is 247 Å². The zero-order valence-corrected chi connectivity index (χ0v) is 25.1. The van der Waals surface area contributed by atoms with Gasteiger partial charge in [-0.3, -0.25) is 14.4 Å². The fraction of sp³-hybridized carbons (Fsp3) is 0.312. The van der Waals surface area contributed by atoms with Crippen LogP contribution in [-0.2, 0) is 11.3 Å². The van der Waals surface area contributed by atoms with Crippen LogP contribution in [0.3, 0.4) is 0 Å². The molecule has 1 aliphatic rings. The number of hydrogen-bond donors (Lipinski definition) is 3. The number of aromatic hydroxyl groups is 1. The lowest BCUT2D eigenvalue weighted by Crippen LogP contribution is -2.47. The molecule has 42 heavy (non-hydrogen) atoms. The molecule has 5 rings (SSSR count). The Morgan fingerprint density at radius 1 is 0.833 bits per heavy atom. The first-order valence-electron chi connectivity index (χ1n) is 13.9. The second-order valence-corrected chi connectivity index (χ2v) is 8.46. The number of furan rings is 1. The number of rotatable bonds is 6. The fourth-order valence-corrected chi connectivity index (χ4v) is 3.75. The number of hydrogen-bond acceptors (Lipinski definition) is 9. The number of para-hydroxylation sites is 2. The van der Waals surface area contributed by atoms with Crippen LogP contribution in [0.1, 0.15) is 43.8 Å². The van der Waals surface area contributed by atoms with Crippen LogP contribution in [0.2, 0.25) is 0 Å². The Morgan fingerprint density at radius 3 is 1.98 bits per heavy atom. The first-order valence-corrected chi connectivity index (χ1v) is 13.9. The number of phenols is 1. The number of likely N-dealkylation sites (N-methyl/N-ethyl adjacent to an activating group) is 1. The summed E-state index contributed by atoms with van der Waals surface area (Å²) in [6, 6.07) is 19.6. The smallest absolute Gasteiger partial charge is 0.289 e. The summed E-state index contributed by atoms with van der Waals surface area (Å²) in [5, 5.41) is 15.5. The molecule has 1 fully saturated rings. The maximum Gasteiger partial charge on any atom is 0.289 e. The maximum absolute atomic E-state index is 11.8. The minimum atomic E-state index is -0.584. The average molecular weight is 579 g/mol. The third-order valence-corrected chi connectivity index (χ3v) is 5.91. The van der Waals surface area contributed by atoms with E-state index in [2.05, 4.69) is 22.6 Å². The summed E-state index contributed by atoms with van der Waals surface area (Å²) in [5.41, 5.74) is 0.689. The minimum absolute atomic E-state index is 0.00287. The van der Waals surface area contributed by atoms with Gasteiger partial charge in [-0.25, -0.2) is 0 Å². The van der Waals surface area contributed by atoms with E-state index in [0.717, 1.165) is 31.7 Å². The summed E-state index contributed by atoms with van der Waals surface area (Å²) in [6.45, 7) is 13.9. The maximum atomic E-state index is 11.8. The Balaban J connectivity index is 0.000000380. The van der Waals surface area contributed by atoms with Crippen molar-refractivity contribution in [3.8, 4) is 5.75 Å². The summed E-state index contributed by atoms with van der Waals surface area (Å²) in [4.78, 5) is 47.2. The highest BCUT2D eigenvalue weighted by atomic mass is 16.3. The summed E-state index contributed by atoms with van der Waals surface area (Å²) in [5.74, 6) is 0.460. The first-order chi connectivity index (χ1) is 20.4. The van der Waals surface area contributed by atoms with Gasteiger partial charge in [-0.15, -0.1) is 0 Å². The zero-order chi connectivity index (χ0) is 31.5. The van der Waals surface area contributed by atoms with Crippen LogP contribution >= 0.6 is 0 Å². The number of carbonyl (C=O) groups excluding carboxylic acids is 2. The van der Waals surface area contributed by atoms with Crippen LogP contribution < -0.4 is 21.5 Å². The molecule has 3 N–H and O–H groups in total. The summed E-state index contributed by atoms with van der Waals surface area (Å²) in [6.07, 6.45) is 1.53. The predicted octanol–water partition coefficient (Wildman–Crippen LogP) is 4.88. The van der Waals surface area contributed by atoms with Crippen LogP contribution in [-0.4, -0.2) is 60.8 Å². The molecule has 0 atom stereocenters. The van der Waals surface area contributed by atoms with Gasteiger partial charge in [0, 0.05) is 32.7 Å². The van der Waals surface area contributed by atoms with E-state index in [1.54, 1.807) is 30.3 Å². The molecular formula is C32H42N4O6. The lowest BCUT2D eigenvalue weighted by atomic mass is 10.1. The van der Waals surface area contributed by atoms with Gasteiger partial charge in [-0.2, -0.15) is 0 Å². The minimum Gasteiger partial charge on any atom is -0.506 e. The molecule has 0 radical (unpaired) electrons. The van der Waals surface area contributed by atoms with E-state index in [1.165, 1.54) is 12.3 Å². The molecule has 10 nitrogen and oxygen atoms in total. The van der Waals surface area contributed by atoms with Crippen molar-refractivity contribution in [1.82, 2.24) is 9.80 Å². The molecule has 1 aromatic heterocycles. The van der Waals surface area contributed by atoms with Crippen molar-refractivity contribution in [2.24, 2.45) is 0 Å². The average Bonchev–Trinajstić information content (AvgIpc) is 3.60. The quantitative estimate of drug-likeness (QED) is 0.216. The number of carbonyl (C=O) groups is 2. The van der Waals surface area contributed by atoms with Gasteiger partial charge >= 0.3 is 0 Å². The summed E-state index contributed by atoms with van der Waals surface area (Å²) >= 11 is 0. The van der Waals surface area contributed by atoms with Crippen LogP contribution in [0.4, 0.5) is 17.1 Å². The van der Waals surface area contributed by atoms with E-state index in [1.807, 2.05) is 69.7 Å². The molecular weight excluding hydrogens is 536 g/mol. The van der Waals surface area contributed by atoms with Gasteiger partial charge < -0.3 is 34.8 Å². The topological polar surface area (TPSA) is 132 Å². The molecule has 4 aromatic rings. The Morgan fingerprint density at radius 2 is 1.40 bits per heavy atom. The first kappa shape index (κ1) is 35.3. The van der Waals surface area contributed by atoms with Crippen molar-refractivity contribution in [2.75, 3.05) is 43.9 Å². The SMILES string of the molecule is C=O.CC.CC.CN1CCN(C(=O)c2ccco2)CC1.O=c1c(NCc2ccccc2)c(Nc2ccccc2O)c1=O. The van der Waals surface area contributed by atoms with Gasteiger partial charge in [0.2, 0.25) is 0 Å². The van der Waals surface area contributed by atoms with Gasteiger partial charge in [0.15, 0.2) is 5.76 Å². The molecule has 10 heteroatoms. The van der Waals surface area contributed by atoms with Gasteiger partial charge in [-0.05, 0) is 36.9 Å². The normalized spacial score (nSPS) is 12.1. The predicted molar refractivity (Wildman–Crippen MR) is 168 cm³/mol. The second-order valence-electron chi connectivity index (χ2n) is 8.46. The number of piperazine rings is 1. The summed E-state index contributed by atoms with van der Waals surface area (Å²) in [7, 11) is 2.06. The molecule has 1 aliphatic heterocycles. The third-order valence-electron chi connectivity index (χ3n) is 5.91. The largest absolute Gasteiger partial charge is 0.506 e. The number of benzene rings is 2. The van der Waals surface area contributed by atoms with Crippen molar-refractivity contribution in [3.05, 3.63) is 105 Å². The van der Waals surface area contributed by atoms with E-state index in [9.17, 15) is 19.5 Å². The zero-order valence-electron chi connectivity index (χ0n) is 25.1. The van der Waals surface area contributed by atoms with Crippen LogP contribution in [0, 0.1) is 0 Å². The molecule has 0 aliphatic carbocycles. The van der Waals surface area contributed by atoms with Crippen molar-refractivity contribution in [3.63, 3.8) is 0 Å². The molecule has 0 bridgehead atoms. The van der Waals surface area contributed by atoms with E-state index in [-0.39, 0.29) is 23.0 Å². The lowest BCUT2D eigenvalue weighted by molar-refractivity contribution is -0.0980. The van der Waals surface area contributed by atoms with Gasteiger partial charge in [-0.1, -0.05) is 70.2 Å². The third kappa shape index (κ3) is 10.0. The molecule has 3 aromatic carbocycles. The molecule has 226 valence electrons. The second kappa shape index (κ2) is 19.4. The van der Waals surface area contributed by atoms with Crippen LogP contribution in [0.15, 0.2) is 87.0 Å².